The summed E-state index contributed by atoms with van der Waals surface area (Å²) in [4.78, 5) is 15.0. The predicted molar refractivity (Wildman–Crippen MR) is 71.8 cm³/mol. The first kappa shape index (κ1) is 15.4. The van der Waals surface area contributed by atoms with Crippen LogP contribution >= 0.6 is 0 Å². The van der Waals surface area contributed by atoms with Gasteiger partial charge in [-0.25, -0.2) is 18.1 Å². The van der Waals surface area contributed by atoms with Crippen LogP contribution in [0.2, 0.25) is 0 Å². The van der Waals surface area contributed by atoms with E-state index in [9.17, 15) is 13.2 Å². The van der Waals surface area contributed by atoms with Gasteiger partial charge in [0.05, 0.1) is 0 Å². The van der Waals surface area contributed by atoms with E-state index < -0.39 is 10.0 Å². The van der Waals surface area contributed by atoms with Crippen molar-refractivity contribution >= 4 is 21.7 Å². The summed E-state index contributed by atoms with van der Waals surface area (Å²) >= 11 is 0. The number of nitrogens with two attached hydrogens (primary N) is 1. The van der Waals surface area contributed by atoms with E-state index in [0.29, 0.717) is 6.54 Å². The van der Waals surface area contributed by atoms with Crippen LogP contribution in [0.25, 0.3) is 0 Å². The van der Waals surface area contributed by atoms with Gasteiger partial charge in [0.15, 0.2) is 0 Å². The minimum Gasteiger partial charge on any atom is -0.384 e. The molecule has 4 N–H and O–H groups in total. The summed E-state index contributed by atoms with van der Waals surface area (Å²) in [6, 6.07) is 2.77. The molecule has 0 fully saturated rings. The van der Waals surface area contributed by atoms with Crippen LogP contribution in [0, 0.1) is 0 Å². The highest BCUT2D eigenvalue weighted by Gasteiger charge is 2.14. The number of amides is 1. The van der Waals surface area contributed by atoms with Gasteiger partial charge in [0.2, 0.25) is 15.9 Å². The van der Waals surface area contributed by atoms with Gasteiger partial charge in [-0.15, -0.1) is 0 Å². The Balaban J connectivity index is 2.47. The highest BCUT2D eigenvalue weighted by atomic mass is 32.2. The summed E-state index contributed by atoms with van der Waals surface area (Å²) < 4.78 is 26.0. The van der Waals surface area contributed by atoms with E-state index in [1.54, 1.807) is 0 Å². The Morgan fingerprint density at radius 1 is 1.37 bits per heavy atom. The van der Waals surface area contributed by atoms with Crippen LogP contribution in [0.15, 0.2) is 23.2 Å². The fourth-order valence-corrected chi connectivity index (χ4v) is 2.26. The molecule has 1 rings (SSSR count). The minimum absolute atomic E-state index is 0.0238. The normalized spacial score (nSPS) is 11.2. The summed E-state index contributed by atoms with van der Waals surface area (Å²) in [5, 5.41) is 2.66. The number of anilines is 1. The second-order valence-electron chi connectivity index (χ2n) is 3.92. The lowest BCUT2D eigenvalue weighted by atomic mass is 10.4. The van der Waals surface area contributed by atoms with E-state index in [2.05, 4.69) is 15.0 Å². The van der Waals surface area contributed by atoms with Crippen molar-refractivity contribution in [1.82, 2.24) is 15.0 Å². The number of rotatable bonds is 7. The molecule has 0 bridgehead atoms. The molecule has 0 aliphatic rings. The number of hydrogen-bond donors (Lipinski definition) is 3. The first-order valence-electron chi connectivity index (χ1n) is 5.93. The Labute approximate surface area is 112 Å². The average molecular weight is 286 g/mol. The van der Waals surface area contributed by atoms with Crippen LogP contribution in [-0.2, 0) is 14.8 Å². The Kier molecular flexibility index (Phi) is 5.71. The van der Waals surface area contributed by atoms with Crippen LogP contribution in [0.4, 0.5) is 5.82 Å². The van der Waals surface area contributed by atoms with Crippen molar-refractivity contribution in [3.8, 4) is 0 Å². The molecule has 0 unspecified atom stereocenters. The lowest BCUT2D eigenvalue weighted by Crippen LogP contribution is -2.31. The van der Waals surface area contributed by atoms with E-state index in [4.69, 9.17) is 5.73 Å². The Bertz CT molecular complexity index is 513. The van der Waals surface area contributed by atoms with Gasteiger partial charge in [0, 0.05) is 25.7 Å². The standard InChI is InChI=1S/C11H18N4O3S/c1-2-6-13-11(16)5-7-15-19(17,18)9-3-4-10(12)14-8-9/h3-4,8,15H,2,5-7H2,1H3,(H2,12,14)(H,13,16). The summed E-state index contributed by atoms with van der Waals surface area (Å²) in [5.41, 5.74) is 5.38. The predicted octanol–water partition coefficient (Wildman–Crippen LogP) is -0.142. The molecule has 0 radical (unpaired) electrons. The van der Waals surface area contributed by atoms with E-state index in [-0.39, 0.29) is 29.6 Å². The Morgan fingerprint density at radius 3 is 2.68 bits per heavy atom. The quantitative estimate of drug-likeness (QED) is 0.645. The number of hydrogen-bond acceptors (Lipinski definition) is 5. The van der Waals surface area contributed by atoms with Gasteiger partial charge in [-0.2, -0.15) is 0 Å². The number of pyridine rings is 1. The molecule has 19 heavy (non-hydrogen) atoms. The van der Waals surface area contributed by atoms with Crippen molar-refractivity contribution in [2.24, 2.45) is 0 Å². The van der Waals surface area contributed by atoms with E-state index in [1.165, 1.54) is 18.3 Å². The number of carbonyl (C=O) groups excluding carboxylic acids is 1. The summed E-state index contributed by atoms with van der Waals surface area (Å²) in [6.45, 7) is 2.58. The van der Waals surface area contributed by atoms with Crippen molar-refractivity contribution in [2.45, 2.75) is 24.7 Å². The molecule has 7 nitrogen and oxygen atoms in total. The SMILES string of the molecule is CCCNC(=O)CCNS(=O)(=O)c1ccc(N)nc1. The van der Waals surface area contributed by atoms with E-state index in [1.807, 2.05) is 6.92 Å². The van der Waals surface area contributed by atoms with Gasteiger partial charge in [-0.3, -0.25) is 4.79 Å². The minimum atomic E-state index is -3.64. The van der Waals surface area contributed by atoms with E-state index in [0.717, 1.165) is 6.42 Å². The molecule has 1 aromatic rings. The van der Waals surface area contributed by atoms with Gasteiger partial charge in [0.25, 0.3) is 0 Å². The van der Waals surface area contributed by atoms with Gasteiger partial charge < -0.3 is 11.1 Å². The van der Waals surface area contributed by atoms with Crippen molar-refractivity contribution in [3.63, 3.8) is 0 Å². The molecular formula is C11H18N4O3S. The largest absolute Gasteiger partial charge is 0.384 e. The highest BCUT2D eigenvalue weighted by Crippen LogP contribution is 2.08. The zero-order valence-electron chi connectivity index (χ0n) is 10.7. The molecule has 1 heterocycles. The van der Waals surface area contributed by atoms with Crippen LogP contribution in [0.3, 0.4) is 0 Å². The molecule has 0 aliphatic heterocycles. The maximum atomic E-state index is 11.8. The summed E-state index contributed by atoms with van der Waals surface area (Å²) in [7, 11) is -3.64. The molecule has 0 aromatic carbocycles. The fourth-order valence-electron chi connectivity index (χ4n) is 1.29. The van der Waals surface area contributed by atoms with Gasteiger partial charge in [-0.1, -0.05) is 6.92 Å². The molecule has 0 saturated carbocycles. The van der Waals surface area contributed by atoms with Crippen molar-refractivity contribution < 1.29 is 13.2 Å². The summed E-state index contributed by atoms with van der Waals surface area (Å²) in [6.07, 6.45) is 2.12. The molecule has 1 amide bonds. The molecule has 0 atom stereocenters. The number of nitrogen functional groups attached to an aromatic ring is 1. The lowest BCUT2D eigenvalue weighted by Gasteiger charge is -2.07. The third-order valence-electron chi connectivity index (χ3n) is 2.29. The Morgan fingerprint density at radius 2 is 2.11 bits per heavy atom. The van der Waals surface area contributed by atoms with Crippen LogP contribution < -0.4 is 15.8 Å². The summed E-state index contributed by atoms with van der Waals surface area (Å²) in [5.74, 6) is 0.0675. The third kappa shape index (κ3) is 5.23. The van der Waals surface area contributed by atoms with Crippen molar-refractivity contribution in [1.29, 1.82) is 0 Å². The molecule has 0 spiro atoms. The van der Waals surface area contributed by atoms with Crippen molar-refractivity contribution in [2.75, 3.05) is 18.8 Å². The van der Waals surface area contributed by atoms with E-state index >= 15 is 0 Å². The monoisotopic (exact) mass is 286 g/mol. The number of carbonyl (C=O) groups is 1. The Hall–Kier alpha value is -1.67. The first-order chi connectivity index (χ1) is 8.95. The molecule has 0 aliphatic carbocycles. The van der Waals surface area contributed by atoms with Crippen LogP contribution in [0.1, 0.15) is 19.8 Å². The third-order valence-corrected chi connectivity index (χ3v) is 3.73. The molecule has 106 valence electrons. The second-order valence-corrected chi connectivity index (χ2v) is 5.68. The zero-order chi connectivity index (χ0) is 14.3. The van der Waals surface area contributed by atoms with Gasteiger partial charge >= 0.3 is 0 Å². The number of nitrogens with zero attached hydrogens (tertiary/aromatic N) is 1. The maximum Gasteiger partial charge on any atom is 0.242 e. The number of aromatic nitrogens is 1. The topological polar surface area (TPSA) is 114 Å². The fraction of sp³-hybridized carbons (Fsp3) is 0.455. The van der Waals surface area contributed by atoms with Crippen LogP contribution in [0.5, 0.6) is 0 Å². The van der Waals surface area contributed by atoms with Gasteiger partial charge in [0.1, 0.15) is 10.7 Å². The van der Waals surface area contributed by atoms with Crippen molar-refractivity contribution in [3.05, 3.63) is 18.3 Å². The number of nitrogens with one attached hydrogen (secondary N) is 2. The lowest BCUT2D eigenvalue weighted by molar-refractivity contribution is -0.120. The highest BCUT2D eigenvalue weighted by molar-refractivity contribution is 7.89. The zero-order valence-corrected chi connectivity index (χ0v) is 11.5. The number of sulfonamides is 1. The molecule has 8 heteroatoms. The molecular weight excluding hydrogens is 268 g/mol. The van der Waals surface area contributed by atoms with Crippen LogP contribution in [-0.4, -0.2) is 32.4 Å². The smallest absolute Gasteiger partial charge is 0.242 e. The second kappa shape index (κ2) is 7.05. The first-order valence-corrected chi connectivity index (χ1v) is 7.42. The average Bonchev–Trinajstić information content (AvgIpc) is 2.36. The van der Waals surface area contributed by atoms with Gasteiger partial charge in [-0.05, 0) is 18.6 Å². The molecule has 1 aromatic heterocycles. The maximum absolute atomic E-state index is 11.8. The molecule has 0 saturated heterocycles.